The second-order valence-electron chi connectivity index (χ2n) is 4.11. The smallest absolute Gasteiger partial charge is 0.236 e. The Kier molecular flexibility index (Phi) is 4.21. The molecule has 1 N–H and O–H groups in total. The summed E-state index contributed by atoms with van der Waals surface area (Å²) >= 11 is 3.24. The SMILES string of the molecule is Cc1nc(Br)ccc1NS(=O)(=O)Cc1ccccc1. The van der Waals surface area contributed by atoms with Crippen molar-refractivity contribution in [2.24, 2.45) is 0 Å². The number of aromatic nitrogens is 1. The molecule has 2 aromatic rings. The summed E-state index contributed by atoms with van der Waals surface area (Å²) in [4.78, 5) is 4.15. The molecule has 1 heterocycles. The highest BCUT2D eigenvalue weighted by Gasteiger charge is 2.13. The minimum absolute atomic E-state index is 0.0522. The van der Waals surface area contributed by atoms with Gasteiger partial charge in [0.1, 0.15) is 4.60 Å². The molecule has 1 aromatic heterocycles. The van der Waals surface area contributed by atoms with E-state index in [0.717, 1.165) is 5.56 Å². The van der Waals surface area contributed by atoms with Gasteiger partial charge in [-0.1, -0.05) is 30.3 Å². The first-order valence-corrected chi connectivity index (χ1v) is 8.08. The predicted octanol–water partition coefficient (Wildman–Crippen LogP) is 3.09. The van der Waals surface area contributed by atoms with Gasteiger partial charge in [0, 0.05) is 0 Å². The van der Waals surface area contributed by atoms with Crippen molar-refractivity contribution >= 4 is 31.6 Å². The number of rotatable bonds is 4. The second kappa shape index (κ2) is 5.71. The quantitative estimate of drug-likeness (QED) is 0.870. The summed E-state index contributed by atoms with van der Waals surface area (Å²) < 4.78 is 27.3. The Bertz CT molecular complexity index is 672. The van der Waals surface area contributed by atoms with Gasteiger partial charge < -0.3 is 0 Å². The number of benzene rings is 1. The van der Waals surface area contributed by atoms with E-state index in [9.17, 15) is 8.42 Å². The van der Waals surface area contributed by atoms with E-state index in [1.165, 1.54) is 0 Å². The second-order valence-corrected chi connectivity index (χ2v) is 6.65. The number of nitrogens with zero attached hydrogens (tertiary/aromatic N) is 1. The van der Waals surface area contributed by atoms with E-state index in [1.807, 2.05) is 18.2 Å². The predicted molar refractivity (Wildman–Crippen MR) is 79.4 cm³/mol. The molecule has 0 fully saturated rings. The van der Waals surface area contributed by atoms with Crippen LogP contribution in [-0.4, -0.2) is 13.4 Å². The number of sulfonamides is 1. The van der Waals surface area contributed by atoms with Crippen molar-refractivity contribution in [2.45, 2.75) is 12.7 Å². The van der Waals surface area contributed by atoms with Crippen LogP contribution in [0.2, 0.25) is 0 Å². The molecule has 2 rings (SSSR count). The van der Waals surface area contributed by atoms with Crippen LogP contribution in [0.15, 0.2) is 47.1 Å². The Balaban J connectivity index is 2.17. The van der Waals surface area contributed by atoms with Crippen molar-refractivity contribution in [2.75, 3.05) is 4.72 Å². The Hall–Kier alpha value is -1.40. The van der Waals surface area contributed by atoms with Crippen molar-refractivity contribution in [1.82, 2.24) is 4.98 Å². The van der Waals surface area contributed by atoms with E-state index in [1.54, 1.807) is 31.2 Å². The summed E-state index contributed by atoms with van der Waals surface area (Å²) in [7, 11) is -3.43. The molecule has 0 amide bonds. The van der Waals surface area contributed by atoms with Crippen LogP contribution in [0.4, 0.5) is 5.69 Å². The molecule has 0 spiro atoms. The molecule has 0 saturated carbocycles. The Labute approximate surface area is 121 Å². The average Bonchev–Trinajstić information content (AvgIpc) is 2.33. The molecule has 19 heavy (non-hydrogen) atoms. The lowest BCUT2D eigenvalue weighted by Gasteiger charge is -2.10. The number of pyridine rings is 1. The lowest BCUT2D eigenvalue weighted by Crippen LogP contribution is -2.16. The molecule has 0 unspecified atom stereocenters. The summed E-state index contributed by atoms with van der Waals surface area (Å²) in [5, 5.41) is 0. The van der Waals surface area contributed by atoms with E-state index in [2.05, 4.69) is 25.6 Å². The molecule has 0 radical (unpaired) electrons. The fraction of sp³-hybridized carbons (Fsp3) is 0.154. The number of anilines is 1. The number of halogens is 1. The first kappa shape index (κ1) is 14.0. The van der Waals surface area contributed by atoms with Crippen LogP contribution in [0.3, 0.4) is 0 Å². The van der Waals surface area contributed by atoms with Crippen molar-refractivity contribution in [1.29, 1.82) is 0 Å². The van der Waals surface area contributed by atoms with Crippen LogP contribution in [0.5, 0.6) is 0 Å². The maximum absolute atomic E-state index is 12.1. The summed E-state index contributed by atoms with van der Waals surface area (Å²) in [5.74, 6) is -0.0522. The fourth-order valence-electron chi connectivity index (χ4n) is 1.64. The van der Waals surface area contributed by atoms with Gasteiger partial charge in [-0.05, 0) is 40.5 Å². The standard InChI is InChI=1S/C13H13BrN2O2S/c1-10-12(7-8-13(14)15-10)16-19(17,18)9-11-5-3-2-4-6-11/h2-8,16H,9H2,1H3. The number of hydrogen-bond acceptors (Lipinski definition) is 3. The summed E-state index contributed by atoms with van der Waals surface area (Å²) in [6.45, 7) is 1.76. The molecule has 100 valence electrons. The van der Waals surface area contributed by atoms with Crippen LogP contribution >= 0.6 is 15.9 Å². The highest BCUT2D eigenvalue weighted by atomic mass is 79.9. The number of aryl methyl sites for hydroxylation is 1. The van der Waals surface area contributed by atoms with Gasteiger partial charge in [0.25, 0.3) is 0 Å². The van der Waals surface area contributed by atoms with Crippen molar-refractivity contribution in [3.8, 4) is 0 Å². The van der Waals surface area contributed by atoms with E-state index in [0.29, 0.717) is 16.0 Å². The first-order valence-electron chi connectivity index (χ1n) is 5.64. The fourth-order valence-corrected chi connectivity index (χ4v) is 3.29. The highest BCUT2D eigenvalue weighted by Crippen LogP contribution is 2.18. The topological polar surface area (TPSA) is 59.1 Å². The normalized spacial score (nSPS) is 11.3. The van der Waals surface area contributed by atoms with E-state index in [4.69, 9.17) is 0 Å². The minimum Gasteiger partial charge on any atom is -0.281 e. The molecule has 0 bridgehead atoms. The summed E-state index contributed by atoms with van der Waals surface area (Å²) in [5.41, 5.74) is 1.88. The Morgan fingerprint density at radius 3 is 2.47 bits per heavy atom. The molecule has 1 aromatic carbocycles. The largest absolute Gasteiger partial charge is 0.281 e. The van der Waals surface area contributed by atoms with Crippen LogP contribution in [0, 0.1) is 6.92 Å². The van der Waals surface area contributed by atoms with Crippen LogP contribution < -0.4 is 4.72 Å². The van der Waals surface area contributed by atoms with Gasteiger partial charge in [-0.2, -0.15) is 0 Å². The molecule has 0 aliphatic rings. The Morgan fingerprint density at radius 2 is 1.84 bits per heavy atom. The highest BCUT2D eigenvalue weighted by molar-refractivity contribution is 9.10. The van der Waals surface area contributed by atoms with E-state index >= 15 is 0 Å². The zero-order chi connectivity index (χ0) is 13.9. The van der Waals surface area contributed by atoms with Crippen LogP contribution in [-0.2, 0) is 15.8 Å². The molecule has 6 heteroatoms. The third-order valence-corrected chi connectivity index (χ3v) is 4.20. The number of hydrogen-bond donors (Lipinski definition) is 1. The molecule has 0 aliphatic heterocycles. The molecule has 4 nitrogen and oxygen atoms in total. The average molecular weight is 341 g/mol. The van der Waals surface area contributed by atoms with Gasteiger partial charge in [-0.3, -0.25) is 4.72 Å². The van der Waals surface area contributed by atoms with Crippen molar-refractivity contribution < 1.29 is 8.42 Å². The van der Waals surface area contributed by atoms with Crippen molar-refractivity contribution in [3.63, 3.8) is 0 Å². The molecule has 0 atom stereocenters. The number of nitrogens with one attached hydrogen (secondary N) is 1. The molecular formula is C13H13BrN2O2S. The summed E-state index contributed by atoms with van der Waals surface area (Å²) in [6, 6.07) is 12.4. The van der Waals surface area contributed by atoms with Gasteiger partial charge in [-0.25, -0.2) is 13.4 Å². The molecule has 0 aliphatic carbocycles. The third kappa shape index (κ3) is 4.04. The molecule has 0 saturated heterocycles. The maximum atomic E-state index is 12.1. The molecular weight excluding hydrogens is 328 g/mol. The van der Waals surface area contributed by atoms with Crippen LogP contribution in [0.25, 0.3) is 0 Å². The van der Waals surface area contributed by atoms with E-state index < -0.39 is 10.0 Å². The van der Waals surface area contributed by atoms with Gasteiger partial charge >= 0.3 is 0 Å². The maximum Gasteiger partial charge on any atom is 0.236 e. The lowest BCUT2D eigenvalue weighted by molar-refractivity contribution is 0.600. The van der Waals surface area contributed by atoms with Gasteiger partial charge in [0.15, 0.2) is 0 Å². The third-order valence-electron chi connectivity index (χ3n) is 2.52. The van der Waals surface area contributed by atoms with Gasteiger partial charge in [0.05, 0.1) is 17.1 Å². The van der Waals surface area contributed by atoms with Gasteiger partial charge in [-0.15, -0.1) is 0 Å². The van der Waals surface area contributed by atoms with E-state index in [-0.39, 0.29) is 5.75 Å². The van der Waals surface area contributed by atoms with Crippen LogP contribution in [0.1, 0.15) is 11.3 Å². The van der Waals surface area contributed by atoms with Gasteiger partial charge in [0.2, 0.25) is 10.0 Å². The summed E-state index contributed by atoms with van der Waals surface area (Å²) in [6.07, 6.45) is 0. The Morgan fingerprint density at radius 1 is 1.16 bits per heavy atom. The zero-order valence-electron chi connectivity index (χ0n) is 10.3. The first-order chi connectivity index (χ1) is 8.96. The minimum atomic E-state index is -3.43. The monoisotopic (exact) mass is 340 g/mol. The van der Waals surface area contributed by atoms with Crippen molar-refractivity contribution in [3.05, 3.63) is 58.3 Å². The zero-order valence-corrected chi connectivity index (χ0v) is 12.7. The lowest BCUT2D eigenvalue weighted by atomic mass is 10.2.